The van der Waals surface area contributed by atoms with E-state index in [-0.39, 0.29) is 6.04 Å². The molecule has 0 unspecified atom stereocenters. The number of nitrogens with zero attached hydrogens (tertiary/aromatic N) is 2. The summed E-state index contributed by atoms with van der Waals surface area (Å²) in [6, 6.07) is 7.85. The van der Waals surface area contributed by atoms with E-state index in [1.165, 1.54) is 48.5 Å². The van der Waals surface area contributed by atoms with Crippen LogP contribution < -0.4 is 4.31 Å². The summed E-state index contributed by atoms with van der Waals surface area (Å²) >= 11 is 0. The van der Waals surface area contributed by atoms with Crippen LogP contribution in [-0.4, -0.2) is 38.7 Å². The van der Waals surface area contributed by atoms with Crippen LogP contribution in [-0.2, 0) is 16.6 Å². The fourth-order valence-corrected chi connectivity index (χ4v) is 4.27. The van der Waals surface area contributed by atoms with Gasteiger partial charge in [0.2, 0.25) is 10.0 Å². The van der Waals surface area contributed by atoms with Gasteiger partial charge in [0, 0.05) is 12.6 Å². The lowest BCUT2D eigenvalue weighted by Gasteiger charge is -2.28. The fourth-order valence-electron chi connectivity index (χ4n) is 3.00. The van der Waals surface area contributed by atoms with Crippen molar-refractivity contribution in [1.29, 1.82) is 0 Å². The smallest absolute Gasteiger partial charge is 0.232 e. The molecule has 1 aliphatic heterocycles. The summed E-state index contributed by atoms with van der Waals surface area (Å²) in [5.41, 5.74) is 1.99. The van der Waals surface area contributed by atoms with Gasteiger partial charge in [-0.25, -0.2) is 8.42 Å². The van der Waals surface area contributed by atoms with Crippen molar-refractivity contribution < 1.29 is 8.42 Å². The molecule has 0 aliphatic carbocycles. The minimum absolute atomic E-state index is 0.0760. The summed E-state index contributed by atoms with van der Waals surface area (Å²) in [6.07, 6.45) is 5.17. The van der Waals surface area contributed by atoms with Crippen LogP contribution in [0.2, 0.25) is 0 Å². The molecule has 1 fully saturated rings. The first kappa shape index (κ1) is 16.3. The van der Waals surface area contributed by atoms with Gasteiger partial charge in [-0.2, -0.15) is 0 Å². The molecule has 1 aromatic rings. The lowest BCUT2D eigenvalue weighted by Crippen LogP contribution is -2.36. The van der Waals surface area contributed by atoms with Crippen LogP contribution in [0.4, 0.5) is 5.69 Å². The Bertz CT molecular complexity index is 546. The number of hydrogen-bond donors (Lipinski definition) is 0. The van der Waals surface area contributed by atoms with E-state index in [2.05, 4.69) is 4.90 Å². The third-order valence-corrected chi connectivity index (χ3v) is 5.22. The Kier molecular flexibility index (Phi) is 5.27. The molecule has 5 heteroatoms. The summed E-state index contributed by atoms with van der Waals surface area (Å²) in [7, 11) is -3.23. The van der Waals surface area contributed by atoms with E-state index in [0.29, 0.717) is 0 Å². The van der Waals surface area contributed by atoms with E-state index < -0.39 is 10.0 Å². The predicted octanol–water partition coefficient (Wildman–Crippen LogP) is 2.85. The van der Waals surface area contributed by atoms with Gasteiger partial charge in [-0.1, -0.05) is 18.6 Å². The molecule has 0 bridgehead atoms. The molecule has 1 aromatic carbocycles. The topological polar surface area (TPSA) is 40.6 Å². The molecule has 0 radical (unpaired) electrons. The van der Waals surface area contributed by atoms with Crippen molar-refractivity contribution in [3.05, 3.63) is 29.8 Å². The van der Waals surface area contributed by atoms with E-state index in [9.17, 15) is 8.42 Å². The van der Waals surface area contributed by atoms with Crippen LogP contribution in [0.25, 0.3) is 0 Å². The monoisotopic (exact) mass is 310 g/mol. The van der Waals surface area contributed by atoms with E-state index >= 15 is 0 Å². The van der Waals surface area contributed by atoms with Crippen LogP contribution in [0.1, 0.15) is 38.7 Å². The summed E-state index contributed by atoms with van der Waals surface area (Å²) in [4.78, 5) is 2.47. The van der Waals surface area contributed by atoms with Gasteiger partial charge in [-0.3, -0.25) is 9.21 Å². The normalized spacial score (nSPS) is 17.1. The number of anilines is 1. The van der Waals surface area contributed by atoms with Gasteiger partial charge < -0.3 is 0 Å². The number of piperidine rings is 1. The minimum Gasteiger partial charge on any atom is -0.299 e. The van der Waals surface area contributed by atoms with Crippen LogP contribution >= 0.6 is 0 Å². The third kappa shape index (κ3) is 4.45. The highest BCUT2D eigenvalue weighted by atomic mass is 32.2. The Morgan fingerprint density at radius 3 is 2.14 bits per heavy atom. The molecular weight excluding hydrogens is 284 g/mol. The first-order valence-corrected chi connectivity index (χ1v) is 9.53. The largest absolute Gasteiger partial charge is 0.299 e. The molecule has 4 nitrogen and oxygen atoms in total. The zero-order valence-corrected chi connectivity index (χ0v) is 14.1. The maximum atomic E-state index is 11.9. The molecule has 2 rings (SSSR count). The molecule has 0 spiro atoms. The second-order valence-corrected chi connectivity index (χ2v) is 8.02. The highest BCUT2D eigenvalue weighted by Crippen LogP contribution is 2.22. The van der Waals surface area contributed by atoms with E-state index in [1.54, 1.807) is 0 Å². The van der Waals surface area contributed by atoms with Crippen molar-refractivity contribution in [1.82, 2.24) is 4.90 Å². The molecule has 0 N–H and O–H groups in total. The van der Waals surface area contributed by atoms with Crippen LogP contribution in [0.15, 0.2) is 24.3 Å². The van der Waals surface area contributed by atoms with Crippen molar-refractivity contribution in [2.24, 2.45) is 0 Å². The maximum absolute atomic E-state index is 11.9. The zero-order chi connectivity index (χ0) is 15.5. The Morgan fingerprint density at radius 2 is 1.67 bits per heavy atom. The lowest BCUT2D eigenvalue weighted by molar-refractivity contribution is 0.221. The predicted molar refractivity (Wildman–Crippen MR) is 88.0 cm³/mol. The third-order valence-electron chi connectivity index (χ3n) is 3.87. The summed E-state index contributed by atoms with van der Waals surface area (Å²) in [5.74, 6) is 0. The molecule has 1 saturated heterocycles. The fraction of sp³-hybridized carbons (Fsp3) is 0.625. The van der Waals surface area contributed by atoms with E-state index in [0.717, 1.165) is 12.2 Å². The molecular formula is C16H26N2O2S. The first-order valence-electron chi connectivity index (χ1n) is 7.68. The van der Waals surface area contributed by atoms with Gasteiger partial charge in [0.15, 0.2) is 0 Å². The first-order chi connectivity index (χ1) is 9.88. The SMILES string of the molecule is CC(C)N(c1ccc(CN2CCCCC2)cc1)S(C)(=O)=O. The summed E-state index contributed by atoms with van der Waals surface area (Å²) in [5, 5.41) is 0. The molecule has 0 atom stereocenters. The highest BCUT2D eigenvalue weighted by molar-refractivity contribution is 7.92. The zero-order valence-electron chi connectivity index (χ0n) is 13.2. The Morgan fingerprint density at radius 1 is 1.10 bits per heavy atom. The van der Waals surface area contributed by atoms with E-state index in [1.807, 2.05) is 38.1 Å². The summed E-state index contributed by atoms with van der Waals surface area (Å²) in [6.45, 7) is 7.08. The van der Waals surface area contributed by atoms with Crippen LogP contribution in [0.5, 0.6) is 0 Å². The molecule has 0 aromatic heterocycles. The number of rotatable bonds is 5. The average molecular weight is 310 g/mol. The number of hydrogen-bond acceptors (Lipinski definition) is 3. The van der Waals surface area contributed by atoms with Gasteiger partial charge in [-0.15, -0.1) is 0 Å². The van der Waals surface area contributed by atoms with Gasteiger partial charge in [0.05, 0.1) is 11.9 Å². The minimum atomic E-state index is -3.23. The molecule has 0 amide bonds. The van der Waals surface area contributed by atoms with Crippen LogP contribution in [0, 0.1) is 0 Å². The molecule has 118 valence electrons. The van der Waals surface area contributed by atoms with Crippen molar-refractivity contribution in [2.75, 3.05) is 23.7 Å². The number of benzene rings is 1. The lowest BCUT2D eigenvalue weighted by atomic mass is 10.1. The maximum Gasteiger partial charge on any atom is 0.232 e. The molecule has 1 heterocycles. The van der Waals surface area contributed by atoms with Crippen LogP contribution in [0.3, 0.4) is 0 Å². The quantitative estimate of drug-likeness (QED) is 0.839. The van der Waals surface area contributed by atoms with Crippen molar-refractivity contribution in [3.8, 4) is 0 Å². The van der Waals surface area contributed by atoms with Crippen molar-refractivity contribution >= 4 is 15.7 Å². The van der Waals surface area contributed by atoms with Gasteiger partial charge in [-0.05, 0) is 57.5 Å². The number of sulfonamides is 1. The van der Waals surface area contributed by atoms with Crippen molar-refractivity contribution in [3.63, 3.8) is 0 Å². The molecule has 21 heavy (non-hydrogen) atoms. The molecule has 1 aliphatic rings. The van der Waals surface area contributed by atoms with Gasteiger partial charge in [0.25, 0.3) is 0 Å². The van der Waals surface area contributed by atoms with Crippen molar-refractivity contribution in [2.45, 2.75) is 45.7 Å². The molecule has 0 saturated carbocycles. The van der Waals surface area contributed by atoms with Gasteiger partial charge in [0.1, 0.15) is 0 Å². The Hall–Kier alpha value is -1.07. The highest BCUT2D eigenvalue weighted by Gasteiger charge is 2.20. The van der Waals surface area contributed by atoms with Gasteiger partial charge >= 0.3 is 0 Å². The Labute approximate surface area is 128 Å². The van der Waals surface area contributed by atoms with E-state index in [4.69, 9.17) is 0 Å². The second kappa shape index (κ2) is 6.79. The second-order valence-electron chi connectivity index (χ2n) is 6.16. The summed E-state index contributed by atoms with van der Waals surface area (Å²) < 4.78 is 25.3. The Balaban J connectivity index is 2.10. The number of likely N-dealkylation sites (tertiary alicyclic amines) is 1. The standard InChI is InChI=1S/C16H26N2O2S/c1-14(2)18(21(3,19)20)16-9-7-15(8-10-16)13-17-11-5-4-6-12-17/h7-10,14H,4-6,11-13H2,1-3H3. The average Bonchev–Trinajstić information content (AvgIpc) is 2.40.